The summed E-state index contributed by atoms with van der Waals surface area (Å²) >= 11 is 1.65. The average molecular weight is 362 g/mol. The molecule has 0 atom stereocenters. The summed E-state index contributed by atoms with van der Waals surface area (Å²) in [5, 5.41) is 1.04. The lowest BCUT2D eigenvalue weighted by Crippen LogP contribution is -2.25. The Morgan fingerprint density at radius 3 is 2.62 bits per heavy atom. The Balaban J connectivity index is 1.86. The van der Waals surface area contributed by atoms with E-state index in [4.69, 9.17) is 0 Å². The number of fused-ring (bicyclic) bond motifs is 1. The smallest absolute Gasteiger partial charge is 0.169 e. The molecular weight excluding hydrogens is 344 g/mol. The number of hydrogen-bond acceptors (Lipinski definition) is 5. The Labute approximate surface area is 146 Å². The molecule has 0 unspecified atom stereocenters. The number of aryl methyl sites for hydroxylation is 1. The molecule has 0 amide bonds. The Bertz CT molecular complexity index is 862. The van der Waals surface area contributed by atoms with Crippen LogP contribution in [0, 0.1) is 0 Å². The Morgan fingerprint density at radius 1 is 1.21 bits per heavy atom. The first-order chi connectivity index (χ1) is 11.4. The minimum atomic E-state index is -4.18. The standard InChI is InChI=1S/C17H18N2O3S2/c1-18-10-7-14(8-11-18)13-17-19(9-4-12-24(20,21)22)15-5-2-3-6-16(15)23-17/h2-3,5-8,10-11,13H,4,9,12H2,1H3. The average Bonchev–Trinajstić information content (AvgIpc) is 2.86. The topological polar surface area (TPSA) is 64.3 Å². The number of hydrogen-bond donors (Lipinski definition) is 0. The zero-order valence-corrected chi connectivity index (χ0v) is 14.9. The van der Waals surface area contributed by atoms with Gasteiger partial charge in [-0.3, -0.25) is 0 Å². The number of pyridine rings is 1. The highest BCUT2D eigenvalue weighted by atomic mass is 32.2. The predicted octanol–water partition coefficient (Wildman–Crippen LogP) is 2.36. The normalized spacial score (nSPS) is 15.8. The lowest BCUT2D eigenvalue weighted by molar-refractivity contribution is -0.671. The third-order valence-electron chi connectivity index (χ3n) is 3.71. The van der Waals surface area contributed by atoms with E-state index in [0.717, 1.165) is 21.2 Å². The maximum atomic E-state index is 10.9. The summed E-state index contributed by atoms with van der Waals surface area (Å²) in [6, 6.07) is 12.1. The van der Waals surface area contributed by atoms with E-state index in [0.29, 0.717) is 13.0 Å². The second-order valence-electron chi connectivity index (χ2n) is 5.62. The van der Waals surface area contributed by atoms with E-state index < -0.39 is 10.1 Å². The molecule has 2 heterocycles. The van der Waals surface area contributed by atoms with Gasteiger partial charge in [0, 0.05) is 29.3 Å². The van der Waals surface area contributed by atoms with Gasteiger partial charge in [-0.25, -0.2) is 13.0 Å². The van der Waals surface area contributed by atoms with Gasteiger partial charge in [-0.05, 0) is 30.2 Å². The molecule has 1 aliphatic heterocycles. The van der Waals surface area contributed by atoms with Crippen molar-refractivity contribution in [3.05, 3.63) is 59.4 Å². The summed E-state index contributed by atoms with van der Waals surface area (Å²) in [4.78, 5) is 3.22. The Kier molecular flexibility index (Phi) is 4.93. The fraction of sp³-hybridized carbons (Fsp3) is 0.235. The van der Waals surface area contributed by atoms with E-state index in [-0.39, 0.29) is 5.75 Å². The van der Waals surface area contributed by atoms with Gasteiger partial charge in [-0.1, -0.05) is 23.9 Å². The third-order valence-corrected chi connectivity index (χ3v) is 5.61. The number of anilines is 1. The molecule has 7 heteroatoms. The van der Waals surface area contributed by atoms with Gasteiger partial charge >= 0.3 is 0 Å². The molecule has 2 aromatic rings. The number of para-hydroxylation sites is 1. The summed E-state index contributed by atoms with van der Waals surface area (Å²) in [5.74, 6) is -0.342. The van der Waals surface area contributed by atoms with Crippen LogP contribution in [0.1, 0.15) is 12.0 Å². The Hall–Kier alpha value is -1.83. The van der Waals surface area contributed by atoms with Crippen molar-refractivity contribution in [2.75, 3.05) is 17.2 Å². The molecular formula is C17H18N2O3S2. The summed E-state index contributed by atoms with van der Waals surface area (Å²) in [6.07, 6.45) is 6.35. The molecule has 1 aromatic heterocycles. The van der Waals surface area contributed by atoms with Gasteiger partial charge in [0.25, 0.3) is 0 Å². The molecule has 3 rings (SSSR count). The van der Waals surface area contributed by atoms with Crippen molar-refractivity contribution < 1.29 is 17.5 Å². The van der Waals surface area contributed by atoms with Crippen molar-refractivity contribution in [3.8, 4) is 0 Å². The van der Waals surface area contributed by atoms with Gasteiger partial charge in [0.15, 0.2) is 12.4 Å². The quantitative estimate of drug-likeness (QED) is 0.603. The highest BCUT2D eigenvalue weighted by molar-refractivity contribution is 8.03. The minimum absolute atomic E-state index is 0.307. The predicted molar refractivity (Wildman–Crippen MR) is 94.4 cm³/mol. The maximum absolute atomic E-state index is 10.9. The summed E-state index contributed by atoms with van der Waals surface area (Å²) in [6.45, 7) is 0.498. The van der Waals surface area contributed by atoms with Crippen molar-refractivity contribution in [1.82, 2.24) is 0 Å². The first-order valence-corrected chi connectivity index (χ1v) is 9.97. The molecule has 1 aromatic carbocycles. The molecule has 0 radical (unpaired) electrons. The van der Waals surface area contributed by atoms with E-state index >= 15 is 0 Å². The largest absolute Gasteiger partial charge is 0.748 e. The van der Waals surface area contributed by atoms with Crippen molar-refractivity contribution in [2.45, 2.75) is 11.3 Å². The van der Waals surface area contributed by atoms with Crippen LogP contribution in [0.25, 0.3) is 6.08 Å². The van der Waals surface area contributed by atoms with Crippen LogP contribution < -0.4 is 9.47 Å². The summed E-state index contributed by atoms with van der Waals surface area (Å²) < 4.78 is 34.5. The van der Waals surface area contributed by atoms with Gasteiger partial charge in [0.1, 0.15) is 7.05 Å². The fourth-order valence-corrected chi connectivity index (χ4v) is 4.17. The van der Waals surface area contributed by atoms with Crippen molar-refractivity contribution in [1.29, 1.82) is 0 Å². The molecule has 24 heavy (non-hydrogen) atoms. The van der Waals surface area contributed by atoms with Crippen LogP contribution in [-0.4, -0.2) is 25.3 Å². The van der Waals surface area contributed by atoms with E-state index in [2.05, 4.69) is 11.0 Å². The van der Waals surface area contributed by atoms with Crippen LogP contribution in [-0.2, 0) is 17.2 Å². The molecule has 0 fully saturated rings. The van der Waals surface area contributed by atoms with Gasteiger partial charge in [-0.2, -0.15) is 0 Å². The number of benzene rings is 1. The van der Waals surface area contributed by atoms with Gasteiger partial charge in [-0.15, -0.1) is 0 Å². The highest BCUT2D eigenvalue weighted by Gasteiger charge is 2.24. The van der Waals surface area contributed by atoms with Gasteiger partial charge in [0.05, 0.1) is 20.8 Å². The van der Waals surface area contributed by atoms with Crippen LogP contribution in [0.2, 0.25) is 0 Å². The summed E-state index contributed by atoms with van der Waals surface area (Å²) in [7, 11) is -2.21. The SMILES string of the molecule is C[n+]1ccc(C=C2Sc3ccccc3N2CCCS(=O)(=O)[O-])cc1. The molecule has 0 N–H and O–H groups in total. The van der Waals surface area contributed by atoms with E-state index in [1.54, 1.807) is 11.8 Å². The molecule has 5 nitrogen and oxygen atoms in total. The number of thioether (sulfide) groups is 1. The second-order valence-corrected chi connectivity index (χ2v) is 8.20. The Morgan fingerprint density at radius 2 is 1.92 bits per heavy atom. The van der Waals surface area contributed by atoms with E-state index in [1.165, 1.54) is 0 Å². The van der Waals surface area contributed by atoms with E-state index in [1.807, 2.05) is 60.4 Å². The van der Waals surface area contributed by atoms with Crippen molar-refractivity contribution in [3.63, 3.8) is 0 Å². The minimum Gasteiger partial charge on any atom is -0.748 e. The van der Waals surface area contributed by atoms with Crippen molar-refractivity contribution >= 4 is 33.6 Å². The lowest BCUT2D eigenvalue weighted by Gasteiger charge is -2.21. The molecule has 0 bridgehead atoms. The van der Waals surface area contributed by atoms with Crippen LogP contribution in [0.5, 0.6) is 0 Å². The zero-order valence-electron chi connectivity index (χ0n) is 13.3. The van der Waals surface area contributed by atoms with Gasteiger partial charge in [0.2, 0.25) is 0 Å². The molecule has 1 aliphatic rings. The summed E-state index contributed by atoms with van der Waals surface area (Å²) in [5.41, 5.74) is 2.13. The highest BCUT2D eigenvalue weighted by Crippen LogP contribution is 2.46. The van der Waals surface area contributed by atoms with Crippen LogP contribution in [0.3, 0.4) is 0 Å². The number of nitrogens with zero attached hydrogens (tertiary/aromatic N) is 2. The van der Waals surface area contributed by atoms with Crippen molar-refractivity contribution in [2.24, 2.45) is 7.05 Å². The molecule has 0 spiro atoms. The molecule has 0 aliphatic carbocycles. The fourth-order valence-electron chi connectivity index (χ4n) is 2.54. The monoisotopic (exact) mass is 362 g/mol. The number of rotatable bonds is 5. The molecule has 0 saturated carbocycles. The van der Waals surface area contributed by atoms with E-state index in [9.17, 15) is 13.0 Å². The number of aromatic nitrogens is 1. The maximum Gasteiger partial charge on any atom is 0.169 e. The zero-order chi connectivity index (χ0) is 17.2. The second kappa shape index (κ2) is 6.96. The first kappa shape index (κ1) is 17.0. The van der Waals surface area contributed by atoms with Crippen LogP contribution >= 0.6 is 11.8 Å². The molecule has 0 saturated heterocycles. The van der Waals surface area contributed by atoms with Crippen LogP contribution in [0.4, 0.5) is 5.69 Å². The third kappa shape index (κ3) is 4.17. The van der Waals surface area contributed by atoms with Crippen LogP contribution in [0.15, 0.2) is 58.7 Å². The lowest BCUT2D eigenvalue weighted by atomic mass is 10.2. The molecule has 126 valence electrons. The first-order valence-electron chi connectivity index (χ1n) is 7.57. The van der Waals surface area contributed by atoms with Gasteiger partial charge < -0.3 is 9.45 Å².